The van der Waals surface area contributed by atoms with Crippen LogP contribution in [-0.4, -0.2) is 81.1 Å². The third-order valence-corrected chi connectivity index (χ3v) is 1.22. The molecule has 1 unspecified atom stereocenters. The molecule has 0 fully saturated rings. The second-order valence-corrected chi connectivity index (χ2v) is 4.98. The fourth-order valence-electron chi connectivity index (χ4n) is 0.873. The summed E-state index contributed by atoms with van der Waals surface area (Å²) < 4.78 is 0.737. The fraction of sp³-hybridized carbons (Fsp3) is 1.00. The minimum absolute atomic E-state index is 0.0706. The highest BCUT2D eigenvalue weighted by molar-refractivity contribution is 4.50. The minimum atomic E-state index is -0.370. The summed E-state index contributed by atoms with van der Waals surface area (Å²) in [6.45, 7) is 0.766. The summed E-state index contributed by atoms with van der Waals surface area (Å²) in [6, 6.07) is 0. The molecule has 0 aromatic heterocycles. The molecule has 14 heavy (non-hydrogen) atoms. The zero-order chi connectivity index (χ0) is 11.8. The summed E-state index contributed by atoms with van der Waals surface area (Å²) >= 11 is 0. The van der Waals surface area contributed by atoms with E-state index in [9.17, 15) is 5.11 Å². The molecular formula is C10H27N2O2+. The number of likely N-dealkylation sites (N-methyl/N-ethyl adjacent to an activating group) is 1. The smallest absolute Gasteiger partial charge is 0.105 e. The maximum atomic E-state index is 9.21. The van der Waals surface area contributed by atoms with Crippen LogP contribution in [0.15, 0.2) is 0 Å². The van der Waals surface area contributed by atoms with Gasteiger partial charge in [-0.1, -0.05) is 0 Å². The van der Waals surface area contributed by atoms with E-state index in [1.54, 1.807) is 0 Å². The van der Waals surface area contributed by atoms with Crippen molar-refractivity contribution in [3.05, 3.63) is 0 Å². The van der Waals surface area contributed by atoms with Gasteiger partial charge >= 0.3 is 0 Å². The van der Waals surface area contributed by atoms with Gasteiger partial charge < -0.3 is 19.6 Å². The van der Waals surface area contributed by atoms with Gasteiger partial charge in [0.2, 0.25) is 0 Å². The molecule has 0 amide bonds. The largest absolute Gasteiger partial charge is 0.396 e. The van der Waals surface area contributed by atoms with Gasteiger partial charge in [-0.05, 0) is 21.1 Å². The van der Waals surface area contributed by atoms with Gasteiger partial charge in [0.15, 0.2) is 0 Å². The van der Waals surface area contributed by atoms with Crippen molar-refractivity contribution in [3.63, 3.8) is 0 Å². The zero-order valence-electron chi connectivity index (χ0n) is 10.5. The van der Waals surface area contributed by atoms with Crippen LogP contribution in [0.1, 0.15) is 6.42 Å². The van der Waals surface area contributed by atoms with Crippen LogP contribution in [0.2, 0.25) is 0 Å². The minimum Gasteiger partial charge on any atom is -0.396 e. The first-order chi connectivity index (χ1) is 6.19. The maximum Gasteiger partial charge on any atom is 0.105 e. The van der Waals surface area contributed by atoms with Crippen LogP contribution in [0.3, 0.4) is 0 Å². The molecule has 0 rings (SSSR count). The van der Waals surface area contributed by atoms with E-state index in [4.69, 9.17) is 5.11 Å². The van der Waals surface area contributed by atoms with Crippen molar-refractivity contribution < 1.29 is 14.7 Å². The fourth-order valence-corrected chi connectivity index (χ4v) is 0.873. The Balaban J connectivity index is 0. The molecule has 88 valence electrons. The van der Waals surface area contributed by atoms with Crippen molar-refractivity contribution in [1.29, 1.82) is 0 Å². The molecule has 0 saturated carbocycles. The van der Waals surface area contributed by atoms with E-state index in [0.717, 1.165) is 4.48 Å². The monoisotopic (exact) mass is 207 g/mol. The Morgan fingerprint density at radius 2 is 1.50 bits per heavy atom. The summed E-state index contributed by atoms with van der Waals surface area (Å²) in [6.07, 6.45) is 0.111. The summed E-state index contributed by atoms with van der Waals surface area (Å²) in [5.41, 5.74) is 0. The van der Waals surface area contributed by atoms with E-state index in [0.29, 0.717) is 13.0 Å². The second-order valence-electron chi connectivity index (χ2n) is 4.98. The van der Waals surface area contributed by atoms with Gasteiger partial charge in [-0.15, -0.1) is 0 Å². The molecule has 2 N–H and O–H groups in total. The SMILES string of the molecule is CN(C)C.C[N+](C)(C)CC(O)CCO. The number of nitrogens with zero attached hydrogens (tertiary/aromatic N) is 2. The molecule has 4 nitrogen and oxygen atoms in total. The van der Waals surface area contributed by atoms with Gasteiger partial charge in [-0.25, -0.2) is 0 Å². The Morgan fingerprint density at radius 3 is 1.71 bits per heavy atom. The Kier molecular flexibility index (Phi) is 9.50. The summed E-state index contributed by atoms with van der Waals surface area (Å²) in [4.78, 5) is 2.00. The van der Waals surface area contributed by atoms with E-state index in [2.05, 4.69) is 0 Å². The molecular weight excluding hydrogens is 180 g/mol. The lowest BCUT2D eigenvalue weighted by molar-refractivity contribution is -0.873. The average Bonchev–Trinajstić information content (AvgIpc) is 1.80. The van der Waals surface area contributed by atoms with Crippen LogP contribution in [0.25, 0.3) is 0 Å². The van der Waals surface area contributed by atoms with Crippen LogP contribution >= 0.6 is 0 Å². The van der Waals surface area contributed by atoms with E-state index >= 15 is 0 Å². The van der Waals surface area contributed by atoms with Crippen LogP contribution in [-0.2, 0) is 0 Å². The summed E-state index contributed by atoms with van der Waals surface area (Å²) in [5, 5.41) is 17.7. The van der Waals surface area contributed by atoms with Crippen molar-refractivity contribution in [1.82, 2.24) is 4.90 Å². The first-order valence-electron chi connectivity index (χ1n) is 4.89. The van der Waals surface area contributed by atoms with E-state index in [-0.39, 0.29) is 12.7 Å². The van der Waals surface area contributed by atoms with Crippen molar-refractivity contribution in [2.75, 3.05) is 55.4 Å². The first-order valence-corrected chi connectivity index (χ1v) is 4.89. The highest BCUT2D eigenvalue weighted by Crippen LogP contribution is 1.97. The zero-order valence-corrected chi connectivity index (χ0v) is 10.5. The van der Waals surface area contributed by atoms with Crippen molar-refractivity contribution in [2.45, 2.75) is 12.5 Å². The molecule has 0 saturated heterocycles. The van der Waals surface area contributed by atoms with E-state index in [1.165, 1.54) is 0 Å². The lowest BCUT2D eigenvalue weighted by Crippen LogP contribution is -2.41. The third kappa shape index (κ3) is 22.6. The first kappa shape index (κ1) is 16.3. The Hall–Kier alpha value is -0.160. The average molecular weight is 207 g/mol. The van der Waals surface area contributed by atoms with Gasteiger partial charge in [-0.2, -0.15) is 0 Å². The molecule has 0 aliphatic rings. The van der Waals surface area contributed by atoms with Crippen LogP contribution in [0.4, 0.5) is 0 Å². The van der Waals surface area contributed by atoms with Gasteiger partial charge in [0.25, 0.3) is 0 Å². The predicted octanol–water partition coefficient (Wildman–Crippen LogP) is -0.386. The lowest BCUT2D eigenvalue weighted by atomic mass is 10.2. The molecule has 0 aromatic rings. The van der Waals surface area contributed by atoms with Crippen LogP contribution < -0.4 is 0 Å². The summed E-state index contributed by atoms with van der Waals surface area (Å²) in [7, 11) is 12.0. The molecule has 0 aliphatic carbocycles. The molecule has 0 radical (unpaired) electrons. The standard InChI is InChI=1S/C7H18NO2.C3H9N/c1-8(2,3)6-7(10)4-5-9;1-4(2)3/h7,9-10H,4-6H2,1-3H3;1-3H3/q+1;. The topological polar surface area (TPSA) is 43.7 Å². The van der Waals surface area contributed by atoms with Crippen LogP contribution in [0.5, 0.6) is 0 Å². The third-order valence-electron chi connectivity index (χ3n) is 1.22. The maximum absolute atomic E-state index is 9.21. The number of aliphatic hydroxyl groups is 2. The van der Waals surface area contributed by atoms with Crippen molar-refractivity contribution >= 4 is 0 Å². The molecule has 0 aromatic carbocycles. The normalized spacial score (nSPS) is 13.5. The Labute approximate surface area is 88.3 Å². The lowest BCUT2D eigenvalue weighted by Gasteiger charge is -2.26. The Bertz CT molecular complexity index is 119. The van der Waals surface area contributed by atoms with E-state index < -0.39 is 0 Å². The number of quaternary nitrogens is 1. The molecule has 4 heteroatoms. The predicted molar refractivity (Wildman–Crippen MR) is 60.2 cm³/mol. The number of aliphatic hydroxyl groups excluding tert-OH is 2. The summed E-state index contributed by atoms with van der Waals surface area (Å²) in [5.74, 6) is 0. The van der Waals surface area contributed by atoms with Crippen molar-refractivity contribution in [3.8, 4) is 0 Å². The molecule has 0 bridgehead atoms. The van der Waals surface area contributed by atoms with Gasteiger partial charge in [0.05, 0.1) is 21.1 Å². The van der Waals surface area contributed by atoms with Gasteiger partial charge in [0.1, 0.15) is 12.6 Å². The number of rotatable bonds is 4. The second kappa shape index (κ2) is 8.17. The molecule has 1 atom stereocenters. The van der Waals surface area contributed by atoms with Gasteiger partial charge in [0, 0.05) is 13.0 Å². The van der Waals surface area contributed by atoms with E-state index in [1.807, 2.05) is 47.2 Å². The highest BCUT2D eigenvalue weighted by atomic mass is 16.3. The molecule has 0 spiro atoms. The quantitative estimate of drug-likeness (QED) is 0.617. The number of hydrogen-bond donors (Lipinski definition) is 2. The van der Waals surface area contributed by atoms with Gasteiger partial charge in [-0.3, -0.25) is 0 Å². The molecule has 0 aliphatic heterocycles. The Morgan fingerprint density at radius 1 is 1.14 bits per heavy atom. The highest BCUT2D eigenvalue weighted by Gasteiger charge is 2.13. The van der Waals surface area contributed by atoms with Crippen molar-refractivity contribution in [2.24, 2.45) is 0 Å². The van der Waals surface area contributed by atoms with Crippen LogP contribution in [0, 0.1) is 0 Å². The molecule has 0 heterocycles. The number of hydrogen-bond acceptors (Lipinski definition) is 3.